The molecular weight excluding hydrogens is 344 g/mol. The summed E-state index contributed by atoms with van der Waals surface area (Å²) >= 11 is 1.50. The highest BCUT2D eigenvalue weighted by Gasteiger charge is 2.27. The largest absolute Gasteiger partial charge is 0.481 e. The van der Waals surface area contributed by atoms with Crippen molar-refractivity contribution in [2.45, 2.75) is 43.3 Å². The van der Waals surface area contributed by atoms with Crippen LogP contribution in [0.4, 0.5) is 5.69 Å². The summed E-state index contributed by atoms with van der Waals surface area (Å²) in [6, 6.07) is 4.39. The van der Waals surface area contributed by atoms with Crippen molar-refractivity contribution >= 4 is 29.3 Å². The Morgan fingerprint density at radius 2 is 2.00 bits per heavy atom. The first-order chi connectivity index (χ1) is 11.8. The van der Waals surface area contributed by atoms with E-state index in [1.807, 2.05) is 13.8 Å². The SMILES string of the molecule is CC(C)Sc1ccc([N+](=O)[O-])cc1C(=O)N1CCC(CC(=O)O)CC1. The molecule has 1 heterocycles. The van der Waals surface area contributed by atoms with Gasteiger partial charge in [0.25, 0.3) is 11.6 Å². The maximum atomic E-state index is 12.9. The number of nitro benzene ring substituents is 1. The van der Waals surface area contributed by atoms with Gasteiger partial charge in [-0.2, -0.15) is 0 Å². The fourth-order valence-electron chi connectivity index (χ4n) is 2.91. The Bertz CT molecular complexity index is 669. The number of carbonyl (C=O) groups is 2. The summed E-state index contributed by atoms with van der Waals surface area (Å²) in [5, 5.41) is 20.2. The number of non-ortho nitro benzene ring substituents is 1. The topological polar surface area (TPSA) is 101 Å². The van der Waals surface area contributed by atoms with E-state index < -0.39 is 10.9 Å². The fraction of sp³-hybridized carbons (Fsp3) is 0.529. The van der Waals surface area contributed by atoms with Crippen LogP contribution < -0.4 is 0 Å². The van der Waals surface area contributed by atoms with Gasteiger partial charge in [-0.15, -0.1) is 11.8 Å². The van der Waals surface area contributed by atoms with Crippen molar-refractivity contribution in [3.63, 3.8) is 0 Å². The van der Waals surface area contributed by atoms with Gasteiger partial charge in [0.2, 0.25) is 0 Å². The minimum atomic E-state index is -0.820. The first-order valence-electron chi connectivity index (χ1n) is 8.24. The second-order valence-electron chi connectivity index (χ2n) is 6.44. The lowest BCUT2D eigenvalue weighted by Crippen LogP contribution is -2.39. The predicted molar refractivity (Wildman–Crippen MR) is 95.0 cm³/mol. The molecule has 136 valence electrons. The zero-order valence-electron chi connectivity index (χ0n) is 14.3. The summed E-state index contributed by atoms with van der Waals surface area (Å²) < 4.78 is 0. The second-order valence-corrected chi connectivity index (χ2v) is 8.06. The number of aliphatic carboxylic acids is 1. The van der Waals surface area contributed by atoms with Gasteiger partial charge in [-0.25, -0.2) is 0 Å². The van der Waals surface area contributed by atoms with Crippen molar-refractivity contribution in [1.29, 1.82) is 0 Å². The first kappa shape index (κ1) is 19.2. The third-order valence-corrected chi connectivity index (χ3v) is 5.21. The molecule has 8 heteroatoms. The molecule has 0 aliphatic carbocycles. The van der Waals surface area contributed by atoms with Crippen LogP contribution in [0.2, 0.25) is 0 Å². The van der Waals surface area contributed by atoms with Gasteiger partial charge < -0.3 is 10.0 Å². The standard InChI is InChI=1S/C17H22N2O5S/c1-11(2)25-15-4-3-13(19(23)24)10-14(15)17(22)18-7-5-12(6-8-18)9-16(20)21/h3-4,10-12H,5-9H2,1-2H3,(H,20,21). The molecule has 0 spiro atoms. The first-order valence-corrected chi connectivity index (χ1v) is 9.12. The van der Waals surface area contributed by atoms with Crippen molar-refractivity contribution in [2.75, 3.05) is 13.1 Å². The molecule has 2 rings (SSSR count). The van der Waals surface area contributed by atoms with E-state index in [0.29, 0.717) is 31.5 Å². The molecule has 1 aliphatic heterocycles. The lowest BCUT2D eigenvalue weighted by atomic mass is 9.93. The Hall–Kier alpha value is -2.09. The van der Waals surface area contributed by atoms with Gasteiger partial charge in [-0.1, -0.05) is 13.8 Å². The average molecular weight is 366 g/mol. The van der Waals surface area contributed by atoms with Crippen molar-refractivity contribution in [1.82, 2.24) is 4.90 Å². The summed E-state index contributed by atoms with van der Waals surface area (Å²) in [6.45, 7) is 4.95. The Balaban J connectivity index is 2.18. The number of hydrogen-bond donors (Lipinski definition) is 1. The minimum Gasteiger partial charge on any atom is -0.481 e. The Morgan fingerprint density at radius 1 is 1.36 bits per heavy atom. The van der Waals surface area contributed by atoms with E-state index in [2.05, 4.69) is 0 Å². The molecule has 0 bridgehead atoms. The number of piperidine rings is 1. The molecule has 25 heavy (non-hydrogen) atoms. The highest BCUT2D eigenvalue weighted by molar-refractivity contribution is 8.00. The lowest BCUT2D eigenvalue weighted by Gasteiger charge is -2.31. The molecule has 0 unspecified atom stereocenters. The van der Waals surface area contributed by atoms with Crippen LogP contribution in [0.5, 0.6) is 0 Å². The molecule has 1 aromatic rings. The lowest BCUT2D eigenvalue weighted by molar-refractivity contribution is -0.384. The van der Waals surface area contributed by atoms with Crippen LogP contribution >= 0.6 is 11.8 Å². The van der Waals surface area contributed by atoms with E-state index in [9.17, 15) is 19.7 Å². The number of thioether (sulfide) groups is 1. The van der Waals surface area contributed by atoms with Gasteiger partial charge in [0, 0.05) is 41.8 Å². The maximum Gasteiger partial charge on any atom is 0.303 e. The number of likely N-dealkylation sites (tertiary alicyclic amines) is 1. The number of carboxylic acid groups (broad SMARTS) is 1. The number of benzene rings is 1. The van der Waals surface area contributed by atoms with Gasteiger partial charge in [-0.3, -0.25) is 19.7 Å². The summed E-state index contributed by atoms with van der Waals surface area (Å²) in [5.41, 5.74) is 0.252. The summed E-state index contributed by atoms with van der Waals surface area (Å²) in [7, 11) is 0. The van der Waals surface area contributed by atoms with E-state index in [0.717, 1.165) is 4.90 Å². The smallest absolute Gasteiger partial charge is 0.303 e. The quantitative estimate of drug-likeness (QED) is 0.470. The van der Waals surface area contributed by atoms with Crippen molar-refractivity contribution in [3.05, 3.63) is 33.9 Å². The normalized spacial score (nSPS) is 15.4. The third kappa shape index (κ3) is 5.19. The van der Waals surface area contributed by atoms with Crippen LogP contribution in [0.3, 0.4) is 0 Å². The van der Waals surface area contributed by atoms with E-state index in [-0.39, 0.29) is 29.2 Å². The molecule has 1 fully saturated rings. The van der Waals surface area contributed by atoms with Crippen molar-refractivity contribution in [2.24, 2.45) is 5.92 Å². The molecule has 0 atom stereocenters. The second kappa shape index (κ2) is 8.33. The maximum absolute atomic E-state index is 12.9. The van der Waals surface area contributed by atoms with Crippen LogP contribution in [-0.2, 0) is 4.79 Å². The van der Waals surface area contributed by atoms with Gasteiger partial charge in [0.15, 0.2) is 0 Å². The number of nitro groups is 1. The van der Waals surface area contributed by atoms with Crippen molar-refractivity contribution in [3.8, 4) is 0 Å². The number of nitrogens with zero attached hydrogens (tertiary/aromatic N) is 2. The van der Waals surface area contributed by atoms with Gasteiger partial charge in [-0.05, 0) is 24.8 Å². The zero-order valence-corrected chi connectivity index (χ0v) is 15.1. The minimum absolute atomic E-state index is 0.0798. The fourth-order valence-corrected chi connectivity index (χ4v) is 3.84. The van der Waals surface area contributed by atoms with E-state index in [4.69, 9.17) is 5.11 Å². The average Bonchev–Trinajstić information content (AvgIpc) is 2.54. The summed E-state index contributed by atoms with van der Waals surface area (Å²) in [5.74, 6) is -0.962. The summed E-state index contributed by atoms with van der Waals surface area (Å²) in [4.78, 5) is 36.6. The Morgan fingerprint density at radius 3 is 2.52 bits per heavy atom. The predicted octanol–water partition coefficient (Wildman–Crippen LogP) is 3.42. The van der Waals surface area contributed by atoms with Crippen LogP contribution in [0.25, 0.3) is 0 Å². The van der Waals surface area contributed by atoms with E-state index in [1.165, 1.54) is 23.9 Å². The Kier molecular flexibility index (Phi) is 6.41. The van der Waals surface area contributed by atoms with Crippen LogP contribution in [0.1, 0.15) is 43.5 Å². The van der Waals surface area contributed by atoms with Gasteiger partial charge in [0.1, 0.15) is 0 Å². The number of amides is 1. The van der Waals surface area contributed by atoms with Crippen LogP contribution in [0.15, 0.2) is 23.1 Å². The highest BCUT2D eigenvalue weighted by Crippen LogP contribution is 2.31. The molecule has 7 nitrogen and oxygen atoms in total. The molecule has 0 aromatic heterocycles. The molecule has 1 N–H and O–H groups in total. The summed E-state index contributed by atoms with van der Waals surface area (Å²) in [6.07, 6.45) is 1.40. The van der Waals surface area contributed by atoms with Gasteiger partial charge >= 0.3 is 5.97 Å². The number of rotatable bonds is 6. The number of carboxylic acids is 1. The van der Waals surface area contributed by atoms with Crippen LogP contribution in [0, 0.1) is 16.0 Å². The van der Waals surface area contributed by atoms with E-state index >= 15 is 0 Å². The molecule has 0 radical (unpaired) electrons. The van der Waals surface area contributed by atoms with Crippen molar-refractivity contribution < 1.29 is 19.6 Å². The molecule has 0 saturated carbocycles. The molecule has 1 aromatic carbocycles. The third-order valence-electron chi connectivity index (χ3n) is 4.13. The van der Waals surface area contributed by atoms with Crippen LogP contribution in [-0.4, -0.2) is 45.1 Å². The Labute approximate surface area is 150 Å². The highest BCUT2D eigenvalue weighted by atomic mass is 32.2. The monoisotopic (exact) mass is 366 g/mol. The molecule has 1 aliphatic rings. The zero-order chi connectivity index (χ0) is 18.6. The molecule has 1 amide bonds. The number of hydrogen-bond acceptors (Lipinski definition) is 5. The number of carbonyl (C=O) groups excluding carboxylic acids is 1. The molecule has 1 saturated heterocycles. The van der Waals surface area contributed by atoms with Gasteiger partial charge in [0.05, 0.1) is 10.5 Å². The van der Waals surface area contributed by atoms with E-state index in [1.54, 1.807) is 11.0 Å². The molecular formula is C17H22N2O5S.